The summed E-state index contributed by atoms with van der Waals surface area (Å²) >= 11 is 0. The van der Waals surface area contributed by atoms with Gasteiger partial charge in [0, 0.05) is 12.3 Å². The Bertz CT molecular complexity index is 686. The molecular formula is C22H33NO5. The topological polar surface area (TPSA) is 73.9 Å². The van der Waals surface area contributed by atoms with Crippen LogP contribution >= 0.6 is 0 Å². The van der Waals surface area contributed by atoms with Crippen molar-refractivity contribution in [1.82, 2.24) is 0 Å². The molecule has 0 bridgehead atoms. The van der Waals surface area contributed by atoms with Gasteiger partial charge in [-0.3, -0.25) is 4.79 Å². The Morgan fingerprint density at radius 1 is 1.25 bits per heavy atom. The molecule has 0 radical (unpaired) electrons. The highest BCUT2D eigenvalue weighted by molar-refractivity contribution is 6.00. The summed E-state index contributed by atoms with van der Waals surface area (Å²) in [4.78, 5) is 25.3. The van der Waals surface area contributed by atoms with E-state index in [1.807, 2.05) is 27.7 Å². The number of esters is 1. The van der Waals surface area contributed by atoms with Gasteiger partial charge in [0.2, 0.25) is 0 Å². The average molecular weight is 392 g/mol. The van der Waals surface area contributed by atoms with Gasteiger partial charge in [0.1, 0.15) is 16.9 Å². The van der Waals surface area contributed by atoms with E-state index in [-0.39, 0.29) is 24.5 Å². The average Bonchev–Trinajstić information content (AvgIpc) is 3.52. The molecule has 1 aliphatic carbocycles. The molecule has 0 aliphatic heterocycles. The van der Waals surface area contributed by atoms with Crippen LogP contribution in [0.15, 0.2) is 18.2 Å². The van der Waals surface area contributed by atoms with Crippen LogP contribution in [0.5, 0.6) is 5.75 Å². The first kappa shape index (κ1) is 22.2. The van der Waals surface area contributed by atoms with Crippen LogP contribution in [0.1, 0.15) is 70.7 Å². The molecule has 1 amide bonds. The smallest absolute Gasteiger partial charge is 0.341 e. The quantitative estimate of drug-likeness (QED) is 0.559. The SMILES string of the molecule is CCCO[C@](C)(C(=O)Nc1ccc(O[C@@H](C)CC)c(C(=O)OCC)c1)C1CC1. The molecular weight excluding hydrogens is 358 g/mol. The number of hydrogen-bond donors (Lipinski definition) is 1. The fourth-order valence-electron chi connectivity index (χ4n) is 2.95. The molecule has 0 spiro atoms. The molecule has 0 aromatic heterocycles. The first-order valence-corrected chi connectivity index (χ1v) is 10.3. The first-order chi connectivity index (χ1) is 13.3. The molecule has 1 aromatic carbocycles. The van der Waals surface area contributed by atoms with Gasteiger partial charge >= 0.3 is 5.97 Å². The normalized spacial score (nSPS) is 16.8. The van der Waals surface area contributed by atoms with Crippen LogP contribution in [0.2, 0.25) is 0 Å². The molecule has 2 rings (SSSR count). The molecule has 0 heterocycles. The summed E-state index contributed by atoms with van der Waals surface area (Å²) < 4.78 is 16.9. The van der Waals surface area contributed by atoms with E-state index in [9.17, 15) is 9.59 Å². The van der Waals surface area contributed by atoms with Gasteiger partial charge < -0.3 is 19.5 Å². The summed E-state index contributed by atoms with van der Waals surface area (Å²) in [5, 5.41) is 2.92. The maximum atomic E-state index is 13.0. The lowest BCUT2D eigenvalue weighted by Gasteiger charge is -2.29. The van der Waals surface area contributed by atoms with Crippen molar-refractivity contribution in [2.75, 3.05) is 18.5 Å². The molecule has 156 valence electrons. The first-order valence-electron chi connectivity index (χ1n) is 10.3. The van der Waals surface area contributed by atoms with Crippen molar-refractivity contribution >= 4 is 17.6 Å². The summed E-state index contributed by atoms with van der Waals surface area (Å²) in [6.07, 6.45) is 3.61. The Kier molecular flexibility index (Phi) is 7.87. The van der Waals surface area contributed by atoms with Crippen LogP contribution in [0.4, 0.5) is 5.69 Å². The molecule has 6 nitrogen and oxygen atoms in total. The Balaban J connectivity index is 2.23. The van der Waals surface area contributed by atoms with E-state index in [0.717, 1.165) is 25.7 Å². The van der Waals surface area contributed by atoms with Crippen LogP contribution in [-0.4, -0.2) is 36.8 Å². The minimum Gasteiger partial charge on any atom is -0.490 e. The summed E-state index contributed by atoms with van der Waals surface area (Å²) in [6.45, 7) is 10.4. The molecule has 28 heavy (non-hydrogen) atoms. The second-order valence-corrected chi connectivity index (χ2v) is 7.45. The molecule has 0 saturated heterocycles. The number of benzene rings is 1. The highest BCUT2D eigenvalue weighted by Crippen LogP contribution is 2.42. The monoisotopic (exact) mass is 391 g/mol. The molecule has 2 atom stereocenters. The third kappa shape index (κ3) is 5.47. The van der Waals surface area contributed by atoms with E-state index < -0.39 is 11.6 Å². The predicted molar refractivity (Wildman–Crippen MR) is 109 cm³/mol. The largest absolute Gasteiger partial charge is 0.490 e. The van der Waals surface area contributed by atoms with E-state index in [1.54, 1.807) is 25.1 Å². The molecule has 6 heteroatoms. The lowest BCUT2D eigenvalue weighted by atomic mass is 9.98. The molecule has 1 N–H and O–H groups in total. The predicted octanol–water partition coefficient (Wildman–Crippen LogP) is 4.57. The lowest BCUT2D eigenvalue weighted by Crippen LogP contribution is -2.45. The molecule has 1 aliphatic rings. The lowest BCUT2D eigenvalue weighted by molar-refractivity contribution is -0.142. The van der Waals surface area contributed by atoms with Gasteiger partial charge in [0.05, 0.1) is 12.7 Å². The zero-order valence-electron chi connectivity index (χ0n) is 17.7. The van der Waals surface area contributed by atoms with Gasteiger partial charge in [-0.25, -0.2) is 4.79 Å². The summed E-state index contributed by atoms with van der Waals surface area (Å²) in [6, 6.07) is 5.06. The molecule has 1 fully saturated rings. The minimum atomic E-state index is -0.855. The molecule has 1 aromatic rings. The van der Waals surface area contributed by atoms with Crippen molar-refractivity contribution in [3.05, 3.63) is 23.8 Å². The van der Waals surface area contributed by atoms with E-state index in [0.29, 0.717) is 23.6 Å². The highest BCUT2D eigenvalue weighted by atomic mass is 16.5. The van der Waals surface area contributed by atoms with Gasteiger partial charge in [-0.2, -0.15) is 0 Å². The van der Waals surface area contributed by atoms with Crippen LogP contribution < -0.4 is 10.1 Å². The Morgan fingerprint density at radius 2 is 1.96 bits per heavy atom. The van der Waals surface area contributed by atoms with Crippen molar-refractivity contribution in [3.63, 3.8) is 0 Å². The van der Waals surface area contributed by atoms with Crippen molar-refractivity contribution < 1.29 is 23.8 Å². The zero-order valence-corrected chi connectivity index (χ0v) is 17.7. The number of anilines is 1. The van der Waals surface area contributed by atoms with E-state index >= 15 is 0 Å². The van der Waals surface area contributed by atoms with E-state index in [1.165, 1.54) is 0 Å². The Labute approximate surface area is 167 Å². The third-order valence-electron chi connectivity index (χ3n) is 5.05. The van der Waals surface area contributed by atoms with Crippen LogP contribution in [0.25, 0.3) is 0 Å². The third-order valence-corrected chi connectivity index (χ3v) is 5.05. The van der Waals surface area contributed by atoms with Crippen molar-refractivity contribution in [2.24, 2.45) is 5.92 Å². The number of carbonyl (C=O) groups is 2. The van der Waals surface area contributed by atoms with E-state index in [2.05, 4.69) is 5.32 Å². The molecule has 1 saturated carbocycles. The Hall–Kier alpha value is -2.08. The second-order valence-electron chi connectivity index (χ2n) is 7.45. The van der Waals surface area contributed by atoms with Gasteiger partial charge in [-0.1, -0.05) is 13.8 Å². The maximum absolute atomic E-state index is 13.0. The fraction of sp³-hybridized carbons (Fsp3) is 0.636. The summed E-state index contributed by atoms with van der Waals surface area (Å²) in [5.74, 6) is 0.0347. The standard InChI is InChI=1S/C22H33NO5/c1-6-13-27-22(5,16-9-10-16)21(25)23-17-11-12-19(28-15(4)7-2)18(14-17)20(24)26-8-3/h11-12,14-16H,6-10,13H2,1-5H3,(H,23,25)/t15-,22-/m0/s1. The van der Waals surface area contributed by atoms with Crippen molar-refractivity contribution in [3.8, 4) is 5.75 Å². The highest BCUT2D eigenvalue weighted by Gasteiger charge is 2.48. The van der Waals surface area contributed by atoms with Gasteiger partial charge in [-0.05, 0) is 70.6 Å². The fourth-order valence-corrected chi connectivity index (χ4v) is 2.95. The van der Waals surface area contributed by atoms with Crippen molar-refractivity contribution in [1.29, 1.82) is 0 Å². The number of hydrogen-bond acceptors (Lipinski definition) is 5. The Morgan fingerprint density at radius 3 is 2.54 bits per heavy atom. The second kappa shape index (κ2) is 9.92. The summed E-state index contributed by atoms with van der Waals surface area (Å²) in [7, 11) is 0. The van der Waals surface area contributed by atoms with Crippen LogP contribution in [0.3, 0.4) is 0 Å². The maximum Gasteiger partial charge on any atom is 0.341 e. The number of amides is 1. The van der Waals surface area contributed by atoms with Crippen molar-refractivity contribution in [2.45, 2.75) is 72.0 Å². The number of rotatable bonds is 11. The van der Waals surface area contributed by atoms with Gasteiger partial charge in [0.25, 0.3) is 5.91 Å². The zero-order chi connectivity index (χ0) is 20.7. The van der Waals surface area contributed by atoms with Crippen LogP contribution in [0, 0.1) is 5.92 Å². The number of ether oxygens (including phenoxy) is 3. The van der Waals surface area contributed by atoms with Gasteiger partial charge in [0.15, 0.2) is 0 Å². The number of carbonyl (C=O) groups excluding carboxylic acids is 2. The van der Waals surface area contributed by atoms with E-state index in [4.69, 9.17) is 14.2 Å². The minimum absolute atomic E-state index is 0.0331. The molecule has 0 unspecified atom stereocenters. The number of nitrogens with one attached hydrogen (secondary N) is 1. The summed E-state index contributed by atoms with van der Waals surface area (Å²) in [5.41, 5.74) is -0.0227. The van der Waals surface area contributed by atoms with Crippen LogP contribution in [-0.2, 0) is 14.3 Å². The van der Waals surface area contributed by atoms with Gasteiger partial charge in [-0.15, -0.1) is 0 Å².